The van der Waals surface area contributed by atoms with E-state index in [1.165, 1.54) is 6.08 Å². The van der Waals surface area contributed by atoms with Crippen molar-refractivity contribution < 1.29 is 14.3 Å². The summed E-state index contributed by atoms with van der Waals surface area (Å²) in [7, 11) is 1.59. The lowest BCUT2D eigenvalue weighted by molar-refractivity contribution is -0.111. The first-order valence-corrected chi connectivity index (χ1v) is 10.1. The van der Waals surface area contributed by atoms with Gasteiger partial charge in [-0.25, -0.2) is 0 Å². The Morgan fingerprint density at radius 3 is 2.53 bits per heavy atom. The Bertz CT molecular complexity index is 1030. The number of ether oxygens (including phenoxy) is 2. The Labute approximate surface area is 182 Å². The summed E-state index contributed by atoms with van der Waals surface area (Å²) in [5.74, 6) is 1.05. The van der Waals surface area contributed by atoms with E-state index < -0.39 is 0 Å². The van der Waals surface area contributed by atoms with Gasteiger partial charge in [-0.1, -0.05) is 54.9 Å². The van der Waals surface area contributed by atoms with Gasteiger partial charge in [0.25, 0.3) is 0 Å². The molecule has 0 radical (unpaired) electrons. The van der Waals surface area contributed by atoms with Crippen molar-refractivity contribution in [2.45, 2.75) is 20.0 Å². The van der Waals surface area contributed by atoms with E-state index in [2.05, 4.69) is 12.2 Å². The van der Waals surface area contributed by atoms with Crippen LogP contribution in [0.2, 0.25) is 5.02 Å². The average molecular weight is 422 g/mol. The number of rotatable bonds is 8. The van der Waals surface area contributed by atoms with E-state index in [1.807, 2.05) is 66.7 Å². The number of aryl methyl sites for hydroxylation is 1. The predicted molar refractivity (Wildman–Crippen MR) is 122 cm³/mol. The lowest BCUT2D eigenvalue weighted by atomic mass is 10.1. The molecule has 0 atom stereocenters. The first kappa shape index (κ1) is 21.5. The lowest BCUT2D eigenvalue weighted by Gasteiger charge is -2.11. The molecule has 30 heavy (non-hydrogen) atoms. The fourth-order valence-corrected chi connectivity index (χ4v) is 3.07. The third-order valence-electron chi connectivity index (χ3n) is 4.58. The number of nitrogens with one attached hydrogen (secondary N) is 1. The monoisotopic (exact) mass is 421 g/mol. The number of hydrogen-bond donors (Lipinski definition) is 1. The van der Waals surface area contributed by atoms with Crippen LogP contribution in [0, 0.1) is 0 Å². The molecule has 0 saturated heterocycles. The lowest BCUT2D eigenvalue weighted by Crippen LogP contribution is -2.09. The highest BCUT2D eigenvalue weighted by molar-refractivity contribution is 6.30. The summed E-state index contributed by atoms with van der Waals surface area (Å²) in [5, 5.41) is 3.61. The van der Waals surface area contributed by atoms with Gasteiger partial charge in [-0.3, -0.25) is 4.79 Å². The van der Waals surface area contributed by atoms with Crippen LogP contribution in [0.25, 0.3) is 6.08 Å². The van der Waals surface area contributed by atoms with Gasteiger partial charge in [-0.15, -0.1) is 0 Å². The molecule has 0 heterocycles. The average Bonchev–Trinajstić information content (AvgIpc) is 2.78. The van der Waals surface area contributed by atoms with Crippen LogP contribution < -0.4 is 14.8 Å². The SMILES string of the molecule is CCc1ccccc1NC(=O)/C=C/c1ccc(OCc2ccc(Cl)cc2)c(OC)c1. The van der Waals surface area contributed by atoms with Crippen molar-refractivity contribution in [3.05, 3.63) is 94.5 Å². The van der Waals surface area contributed by atoms with E-state index in [0.29, 0.717) is 23.1 Å². The van der Waals surface area contributed by atoms with Crippen molar-refractivity contribution in [1.29, 1.82) is 0 Å². The van der Waals surface area contributed by atoms with E-state index in [-0.39, 0.29) is 5.91 Å². The number of amides is 1. The number of carbonyl (C=O) groups excluding carboxylic acids is 1. The van der Waals surface area contributed by atoms with Gasteiger partial charge in [-0.05, 0) is 59.5 Å². The number of carbonyl (C=O) groups is 1. The van der Waals surface area contributed by atoms with Crippen molar-refractivity contribution in [3.8, 4) is 11.5 Å². The first-order chi connectivity index (χ1) is 14.6. The normalized spacial score (nSPS) is 10.8. The first-order valence-electron chi connectivity index (χ1n) is 9.71. The smallest absolute Gasteiger partial charge is 0.248 e. The molecule has 0 saturated carbocycles. The van der Waals surface area contributed by atoms with E-state index in [4.69, 9.17) is 21.1 Å². The maximum atomic E-state index is 12.3. The highest BCUT2D eigenvalue weighted by Gasteiger charge is 2.07. The third kappa shape index (κ3) is 5.88. The largest absolute Gasteiger partial charge is 0.493 e. The molecule has 0 aliphatic heterocycles. The van der Waals surface area contributed by atoms with Crippen LogP contribution in [-0.2, 0) is 17.8 Å². The molecule has 0 unspecified atom stereocenters. The third-order valence-corrected chi connectivity index (χ3v) is 4.83. The van der Waals surface area contributed by atoms with Gasteiger partial charge in [-0.2, -0.15) is 0 Å². The zero-order chi connectivity index (χ0) is 21.3. The molecule has 3 aromatic carbocycles. The molecular formula is C25H24ClNO3. The molecule has 3 aromatic rings. The highest BCUT2D eigenvalue weighted by atomic mass is 35.5. The Balaban J connectivity index is 1.64. The fraction of sp³-hybridized carbons (Fsp3) is 0.160. The summed E-state index contributed by atoms with van der Waals surface area (Å²) in [6.07, 6.45) is 4.11. The topological polar surface area (TPSA) is 47.6 Å². The molecule has 0 aliphatic carbocycles. The molecule has 0 spiro atoms. The summed E-state index contributed by atoms with van der Waals surface area (Å²) in [4.78, 5) is 12.3. The molecule has 4 nitrogen and oxygen atoms in total. The van der Waals surface area contributed by atoms with Crippen molar-refractivity contribution in [3.63, 3.8) is 0 Å². The van der Waals surface area contributed by atoms with Gasteiger partial charge in [0.1, 0.15) is 6.61 Å². The maximum absolute atomic E-state index is 12.3. The van der Waals surface area contributed by atoms with Crippen molar-refractivity contribution >= 4 is 29.3 Å². The summed E-state index contributed by atoms with van der Waals surface area (Å²) in [6, 6.07) is 20.8. The Kier molecular flexibility index (Phi) is 7.52. The van der Waals surface area contributed by atoms with Crippen LogP contribution in [0.1, 0.15) is 23.6 Å². The molecular weight excluding hydrogens is 398 g/mol. The standard InChI is InChI=1S/C25H24ClNO3/c1-3-20-6-4-5-7-22(20)27-25(28)15-11-18-10-14-23(24(16-18)29-2)30-17-19-8-12-21(26)13-9-19/h4-16H,3,17H2,1-2H3,(H,27,28)/b15-11+. The Morgan fingerprint density at radius 2 is 1.80 bits per heavy atom. The zero-order valence-corrected chi connectivity index (χ0v) is 17.8. The van der Waals surface area contributed by atoms with Gasteiger partial charge < -0.3 is 14.8 Å². The summed E-state index contributed by atoms with van der Waals surface area (Å²) in [5.41, 5.74) is 3.78. The minimum atomic E-state index is -0.182. The maximum Gasteiger partial charge on any atom is 0.248 e. The highest BCUT2D eigenvalue weighted by Crippen LogP contribution is 2.29. The molecule has 0 fully saturated rings. The van der Waals surface area contributed by atoms with Gasteiger partial charge >= 0.3 is 0 Å². The second kappa shape index (κ2) is 10.5. The number of anilines is 1. The molecule has 154 valence electrons. The van der Waals surface area contributed by atoms with E-state index in [9.17, 15) is 4.79 Å². The van der Waals surface area contributed by atoms with Crippen LogP contribution in [0.5, 0.6) is 11.5 Å². The van der Waals surface area contributed by atoms with Crippen LogP contribution in [0.4, 0.5) is 5.69 Å². The Hall–Kier alpha value is -3.24. The summed E-state index contributed by atoms with van der Waals surface area (Å²) in [6.45, 7) is 2.46. The van der Waals surface area contributed by atoms with Crippen LogP contribution in [0.15, 0.2) is 72.8 Å². The van der Waals surface area contributed by atoms with Gasteiger partial charge in [0.2, 0.25) is 5.91 Å². The Morgan fingerprint density at radius 1 is 1.03 bits per heavy atom. The van der Waals surface area contributed by atoms with Crippen molar-refractivity contribution in [2.24, 2.45) is 0 Å². The minimum Gasteiger partial charge on any atom is -0.493 e. The summed E-state index contributed by atoms with van der Waals surface area (Å²) >= 11 is 5.91. The van der Waals surface area contributed by atoms with Gasteiger partial charge in [0, 0.05) is 16.8 Å². The van der Waals surface area contributed by atoms with Gasteiger partial charge in [0.05, 0.1) is 7.11 Å². The van der Waals surface area contributed by atoms with Crippen LogP contribution in [0.3, 0.4) is 0 Å². The predicted octanol–water partition coefficient (Wildman–Crippen LogP) is 6.14. The van der Waals surface area contributed by atoms with Crippen molar-refractivity contribution in [1.82, 2.24) is 0 Å². The van der Waals surface area contributed by atoms with Crippen molar-refractivity contribution in [2.75, 3.05) is 12.4 Å². The van der Waals surface area contributed by atoms with Crippen LogP contribution >= 0.6 is 11.6 Å². The fourth-order valence-electron chi connectivity index (χ4n) is 2.95. The quantitative estimate of drug-likeness (QED) is 0.444. The number of halogens is 1. The second-order valence-corrected chi connectivity index (χ2v) is 7.10. The number of methoxy groups -OCH3 is 1. The molecule has 0 aliphatic rings. The molecule has 1 amide bonds. The van der Waals surface area contributed by atoms with Gasteiger partial charge in [0.15, 0.2) is 11.5 Å². The molecule has 0 bridgehead atoms. The van der Waals surface area contributed by atoms with Crippen LogP contribution in [-0.4, -0.2) is 13.0 Å². The number of benzene rings is 3. The minimum absolute atomic E-state index is 0.182. The number of para-hydroxylation sites is 1. The molecule has 0 aromatic heterocycles. The zero-order valence-electron chi connectivity index (χ0n) is 17.0. The number of hydrogen-bond acceptors (Lipinski definition) is 3. The molecule has 5 heteroatoms. The summed E-state index contributed by atoms with van der Waals surface area (Å²) < 4.78 is 11.3. The van der Waals surface area contributed by atoms with E-state index >= 15 is 0 Å². The molecule has 3 rings (SSSR count). The van der Waals surface area contributed by atoms with E-state index in [0.717, 1.165) is 28.8 Å². The second-order valence-electron chi connectivity index (χ2n) is 6.66. The molecule has 1 N–H and O–H groups in total. The van der Waals surface area contributed by atoms with E-state index in [1.54, 1.807) is 13.2 Å².